The normalized spacial score (nSPS) is 11.7. The van der Waals surface area contributed by atoms with Gasteiger partial charge in [-0.15, -0.1) is 10.2 Å². The quantitative estimate of drug-likeness (QED) is 0.354. The number of methoxy groups -OCH3 is 2. The second kappa shape index (κ2) is 8.55. The van der Waals surface area contributed by atoms with E-state index in [1.807, 2.05) is 59.9 Å². The van der Waals surface area contributed by atoms with E-state index in [1.54, 1.807) is 6.07 Å². The highest BCUT2D eigenvalue weighted by Crippen LogP contribution is 2.34. The number of aryl methyl sites for hydroxylation is 1. The summed E-state index contributed by atoms with van der Waals surface area (Å²) in [6.07, 6.45) is 0. The highest BCUT2D eigenvalue weighted by molar-refractivity contribution is 7.92. The largest absolute Gasteiger partial charge is 0.493 e. The molecule has 5 rings (SSSR count). The lowest BCUT2D eigenvalue weighted by molar-refractivity contribution is 0.354. The van der Waals surface area contributed by atoms with E-state index < -0.39 is 10.0 Å². The molecule has 0 spiro atoms. The third kappa shape index (κ3) is 3.71. The molecule has 35 heavy (non-hydrogen) atoms. The number of aromatic nitrogens is 4. The molecule has 3 aromatic carbocycles. The van der Waals surface area contributed by atoms with Crippen LogP contribution in [0.25, 0.3) is 28.1 Å². The van der Waals surface area contributed by atoms with Crippen molar-refractivity contribution in [3.63, 3.8) is 0 Å². The average molecular weight is 490 g/mol. The molecule has 9 nitrogen and oxygen atoms in total. The molecule has 2 aromatic heterocycles. The number of rotatable bonds is 6. The highest BCUT2D eigenvalue weighted by Gasteiger charge is 2.28. The Bertz CT molecular complexity index is 1660. The summed E-state index contributed by atoms with van der Waals surface area (Å²) in [7, 11) is 0.376. The lowest BCUT2D eigenvalue weighted by Crippen LogP contribution is -2.28. The van der Waals surface area contributed by atoms with Gasteiger partial charge in [0.15, 0.2) is 23.1 Å². The highest BCUT2D eigenvalue weighted by atomic mass is 32.2. The number of para-hydroxylation sites is 2. The van der Waals surface area contributed by atoms with Crippen molar-refractivity contribution in [2.45, 2.75) is 11.8 Å². The molecular weight excluding hydrogens is 466 g/mol. The van der Waals surface area contributed by atoms with Crippen LogP contribution in [-0.4, -0.2) is 49.3 Å². The number of nitrogens with zero attached hydrogens (tertiary/aromatic N) is 5. The number of hydrogen-bond donors (Lipinski definition) is 0. The standard InChI is InChI=1S/C25H23N5O4S/c1-16-9-11-17(12-10-16)23-27-28-25-24(26-19-7-5-6-8-20(19)30(23)25)29(2)35(31,32)18-13-14-21(33-3)22(15-18)34-4/h5-15H,1-4H3. The van der Waals surface area contributed by atoms with Crippen molar-refractivity contribution in [3.8, 4) is 22.9 Å². The van der Waals surface area contributed by atoms with Crippen molar-refractivity contribution >= 4 is 32.5 Å². The van der Waals surface area contributed by atoms with Crippen molar-refractivity contribution in [3.05, 3.63) is 72.3 Å². The fraction of sp³-hybridized carbons (Fsp3) is 0.160. The molecule has 0 radical (unpaired) electrons. The van der Waals surface area contributed by atoms with E-state index in [4.69, 9.17) is 9.47 Å². The molecule has 10 heteroatoms. The van der Waals surface area contributed by atoms with Gasteiger partial charge in [0.1, 0.15) is 0 Å². The van der Waals surface area contributed by atoms with E-state index in [2.05, 4.69) is 15.2 Å². The zero-order valence-corrected chi connectivity index (χ0v) is 20.4. The van der Waals surface area contributed by atoms with E-state index in [-0.39, 0.29) is 10.7 Å². The molecule has 0 bridgehead atoms. The second-order valence-corrected chi connectivity index (χ2v) is 9.93. The number of fused-ring (bicyclic) bond motifs is 3. The van der Waals surface area contributed by atoms with Crippen molar-refractivity contribution in [2.24, 2.45) is 0 Å². The maximum absolute atomic E-state index is 13.6. The summed E-state index contributed by atoms with van der Waals surface area (Å²) in [5.41, 5.74) is 3.68. The number of ether oxygens (including phenoxy) is 2. The molecule has 0 aliphatic carbocycles. The first-order valence-electron chi connectivity index (χ1n) is 10.8. The average Bonchev–Trinajstić information content (AvgIpc) is 3.33. The molecular formula is C25H23N5O4S. The van der Waals surface area contributed by atoms with Gasteiger partial charge >= 0.3 is 0 Å². The molecule has 0 aliphatic rings. The molecule has 0 aliphatic heterocycles. The van der Waals surface area contributed by atoms with Crippen LogP contribution in [0.5, 0.6) is 11.5 Å². The minimum atomic E-state index is -4.02. The summed E-state index contributed by atoms with van der Waals surface area (Å²) in [4.78, 5) is 4.69. The Labute approximate surface area is 202 Å². The van der Waals surface area contributed by atoms with Crippen molar-refractivity contribution in [1.29, 1.82) is 0 Å². The van der Waals surface area contributed by atoms with Crippen LogP contribution in [0.2, 0.25) is 0 Å². The summed E-state index contributed by atoms with van der Waals surface area (Å²) in [6.45, 7) is 2.01. The van der Waals surface area contributed by atoms with Crippen LogP contribution in [0.15, 0.2) is 71.6 Å². The van der Waals surface area contributed by atoms with Crippen molar-refractivity contribution in [1.82, 2.24) is 19.6 Å². The van der Waals surface area contributed by atoms with Gasteiger partial charge in [-0.3, -0.25) is 4.40 Å². The molecule has 5 aromatic rings. The number of hydrogen-bond acceptors (Lipinski definition) is 7. The second-order valence-electron chi connectivity index (χ2n) is 7.96. The molecule has 0 saturated carbocycles. The van der Waals surface area contributed by atoms with Gasteiger partial charge in [0.05, 0.1) is 30.1 Å². The van der Waals surface area contributed by atoms with E-state index in [9.17, 15) is 8.42 Å². The minimum Gasteiger partial charge on any atom is -0.493 e. The fourth-order valence-corrected chi connectivity index (χ4v) is 5.08. The Morgan fingerprint density at radius 2 is 1.60 bits per heavy atom. The van der Waals surface area contributed by atoms with Crippen LogP contribution in [-0.2, 0) is 10.0 Å². The van der Waals surface area contributed by atoms with Crippen molar-refractivity contribution in [2.75, 3.05) is 25.6 Å². The van der Waals surface area contributed by atoms with Crippen LogP contribution < -0.4 is 13.8 Å². The summed E-state index contributed by atoms with van der Waals surface area (Å²) >= 11 is 0. The smallest absolute Gasteiger partial charge is 0.265 e. The molecule has 178 valence electrons. The topological polar surface area (TPSA) is 98.9 Å². The Morgan fingerprint density at radius 1 is 0.886 bits per heavy atom. The maximum atomic E-state index is 13.6. The Hall–Kier alpha value is -4.18. The monoisotopic (exact) mass is 489 g/mol. The molecule has 0 saturated heterocycles. The molecule has 2 heterocycles. The molecule has 0 N–H and O–H groups in total. The van der Waals surface area contributed by atoms with Gasteiger partial charge in [-0.25, -0.2) is 17.7 Å². The summed E-state index contributed by atoms with van der Waals surface area (Å²) in [5.74, 6) is 1.49. The summed E-state index contributed by atoms with van der Waals surface area (Å²) < 4.78 is 40.7. The predicted octanol–water partition coefficient (Wildman–Crippen LogP) is 4.10. The first-order chi connectivity index (χ1) is 16.8. The van der Waals surface area contributed by atoms with Crippen LogP contribution in [0.1, 0.15) is 5.56 Å². The number of anilines is 1. The fourth-order valence-electron chi connectivity index (χ4n) is 3.92. The van der Waals surface area contributed by atoms with Gasteiger partial charge in [0, 0.05) is 18.7 Å². The predicted molar refractivity (Wildman–Crippen MR) is 134 cm³/mol. The van der Waals surface area contributed by atoms with Gasteiger partial charge < -0.3 is 9.47 Å². The van der Waals surface area contributed by atoms with Gasteiger partial charge in [-0.05, 0) is 31.2 Å². The van der Waals surface area contributed by atoms with Gasteiger partial charge in [0.2, 0.25) is 5.65 Å². The molecule has 0 amide bonds. The lowest BCUT2D eigenvalue weighted by Gasteiger charge is -2.20. The van der Waals surface area contributed by atoms with Crippen LogP contribution in [0.4, 0.5) is 5.82 Å². The SMILES string of the molecule is COc1ccc(S(=O)(=O)N(C)c2nc3ccccc3n3c(-c4ccc(C)cc4)nnc23)cc1OC. The Morgan fingerprint density at radius 3 is 2.31 bits per heavy atom. The molecule has 0 unspecified atom stereocenters. The Balaban J connectivity index is 1.72. The Kier molecular flexibility index (Phi) is 5.52. The minimum absolute atomic E-state index is 0.0315. The number of sulfonamides is 1. The van der Waals surface area contributed by atoms with E-state index >= 15 is 0 Å². The third-order valence-electron chi connectivity index (χ3n) is 5.83. The number of benzene rings is 3. The van der Waals surface area contributed by atoms with E-state index in [0.29, 0.717) is 28.5 Å². The summed E-state index contributed by atoms with van der Waals surface area (Å²) in [5, 5.41) is 8.76. The molecule has 0 atom stereocenters. The van der Waals surface area contributed by atoms with Gasteiger partial charge in [0.25, 0.3) is 10.0 Å². The van der Waals surface area contributed by atoms with Crippen LogP contribution >= 0.6 is 0 Å². The molecule has 0 fully saturated rings. The first kappa shape index (κ1) is 22.6. The van der Waals surface area contributed by atoms with Crippen LogP contribution in [0.3, 0.4) is 0 Å². The van der Waals surface area contributed by atoms with E-state index in [1.165, 1.54) is 33.4 Å². The lowest BCUT2D eigenvalue weighted by atomic mass is 10.1. The van der Waals surface area contributed by atoms with Crippen LogP contribution in [0, 0.1) is 6.92 Å². The third-order valence-corrected chi connectivity index (χ3v) is 7.58. The van der Waals surface area contributed by atoms with Gasteiger partial charge in [-0.2, -0.15) is 0 Å². The van der Waals surface area contributed by atoms with Crippen molar-refractivity contribution < 1.29 is 17.9 Å². The van der Waals surface area contributed by atoms with E-state index in [0.717, 1.165) is 20.9 Å². The first-order valence-corrected chi connectivity index (χ1v) is 12.2. The van der Waals surface area contributed by atoms with Gasteiger partial charge in [-0.1, -0.05) is 42.0 Å². The maximum Gasteiger partial charge on any atom is 0.265 e. The summed E-state index contributed by atoms with van der Waals surface area (Å²) in [6, 6.07) is 19.8. The zero-order valence-electron chi connectivity index (χ0n) is 19.6. The zero-order chi connectivity index (χ0) is 24.7.